The van der Waals surface area contributed by atoms with Crippen LogP contribution in [0.5, 0.6) is 0 Å². The van der Waals surface area contributed by atoms with Gasteiger partial charge in [-0.3, -0.25) is 4.79 Å². The smallest absolute Gasteiger partial charge is 0.288 e. The van der Waals surface area contributed by atoms with E-state index in [-0.39, 0.29) is 5.91 Å². The van der Waals surface area contributed by atoms with E-state index in [0.717, 1.165) is 11.4 Å². The number of amides is 1. The fraction of sp³-hybridized carbons (Fsp3) is 0.267. The molecular formula is C15H17F2N2OS2+. The first-order valence-electron chi connectivity index (χ1n) is 6.71. The van der Waals surface area contributed by atoms with E-state index in [4.69, 9.17) is 0 Å². The third-order valence-corrected chi connectivity index (χ3v) is 4.48. The van der Waals surface area contributed by atoms with E-state index in [0.29, 0.717) is 28.9 Å². The number of quaternary nitrogens is 1. The number of thiophene rings is 1. The summed E-state index contributed by atoms with van der Waals surface area (Å²) in [4.78, 5) is 14.8. The second-order valence-corrected chi connectivity index (χ2v) is 6.94. The summed E-state index contributed by atoms with van der Waals surface area (Å²) in [5, 5.41) is 4.80. The Balaban J connectivity index is 1.81. The molecule has 2 aromatic rings. The average Bonchev–Trinajstić information content (AvgIpc) is 2.93. The van der Waals surface area contributed by atoms with E-state index < -0.39 is 5.76 Å². The first-order valence-corrected chi connectivity index (χ1v) is 8.47. The van der Waals surface area contributed by atoms with Crippen LogP contribution in [0.3, 0.4) is 0 Å². The molecule has 1 aromatic carbocycles. The van der Waals surface area contributed by atoms with E-state index in [9.17, 15) is 13.6 Å². The SMILES string of the molecule is C[NH+](CC(=O)Nc1ccc(SC(F)F)cc1)Cc1cccs1. The number of anilines is 1. The second-order valence-electron chi connectivity index (χ2n) is 4.84. The van der Waals surface area contributed by atoms with Crippen molar-refractivity contribution < 1.29 is 18.5 Å². The third-order valence-electron chi connectivity index (χ3n) is 2.88. The molecule has 1 atom stereocenters. The van der Waals surface area contributed by atoms with Gasteiger partial charge in [-0.15, -0.1) is 11.3 Å². The maximum Gasteiger partial charge on any atom is 0.288 e. The van der Waals surface area contributed by atoms with Crippen molar-refractivity contribution in [1.29, 1.82) is 0 Å². The van der Waals surface area contributed by atoms with Gasteiger partial charge in [-0.05, 0) is 35.7 Å². The minimum atomic E-state index is -2.44. The summed E-state index contributed by atoms with van der Waals surface area (Å²) in [5.41, 5.74) is 0.618. The van der Waals surface area contributed by atoms with Gasteiger partial charge in [0.05, 0.1) is 11.9 Å². The Morgan fingerprint density at radius 3 is 2.64 bits per heavy atom. The number of halogens is 2. The summed E-state index contributed by atoms with van der Waals surface area (Å²) >= 11 is 2.16. The van der Waals surface area contributed by atoms with Gasteiger partial charge in [0.25, 0.3) is 11.7 Å². The minimum Gasteiger partial charge on any atom is -0.325 e. The molecule has 1 amide bonds. The van der Waals surface area contributed by atoms with Gasteiger partial charge < -0.3 is 10.2 Å². The van der Waals surface area contributed by atoms with Crippen LogP contribution in [-0.2, 0) is 11.3 Å². The Kier molecular flexibility index (Phi) is 6.35. The summed E-state index contributed by atoms with van der Waals surface area (Å²) in [6, 6.07) is 10.5. The van der Waals surface area contributed by atoms with Crippen molar-refractivity contribution in [3.05, 3.63) is 46.7 Å². The Bertz CT molecular complexity index is 588. The highest BCUT2D eigenvalue weighted by atomic mass is 32.2. The van der Waals surface area contributed by atoms with Crippen LogP contribution >= 0.6 is 23.1 Å². The van der Waals surface area contributed by atoms with Crippen LogP contribution in [0.4, 0.5) is 14.5 Å². The number of rotatable bonds is 7. The van der Waals surface area contributed by atoms with Crippen molar-refractivity contribution >= 4 is 34.7 Å². The molecule has 0 radical (unpaired) electrons. The number of thioether (sulfide) groups is 1. The largest absolute Gasteiger partial charge is 0.325 e. The number of likely N-dealkylation sites (N-methyl/N-ethyl adjacent to an activating group) is 1. The van der Waals surface area contributed by atoms with Gasteiger partial charge in [-0.25, -0.2) is 0 Å². The van der Waals surface area contributed by atoms with E-state index in [2.05, 4.69) is 5.32 Å². The number of hydrogen-bond acceptors (Lipinski definition) is 3. The van der Waals surface area contributed by atoms with Gasteiger partial charge in [0, 0.05) is 10.6 Å². The summed E-state index contributed by atoms with van der Waals surface area (Å²) < 4.78 is 24.4. The van der Waals surface area contributed by atoms with Gasteiger partial charge >= 0.3 is 0 Å². The molecule has 0 bridgehead atoms. The lowest BCUT2D eigenvalue weighted by molar-refractivity contribution is -0.884. The molecule has 1 aromatic heterocycles. The highest BCUT2D eigenvalue weighted by Gasteiger charge is 2.11. The number of nitrogens with one attached hydrogen (secondary N) is 2. The fourth-order valence-electron chi connectivity index (χ4n) is 1.97. The first kappa shape index (κ1) is 16.9. The van der Waals surface area contributed by atoms with Crippen LogP contribution in [0.1, 0.15) is 4.88 Å². The monoisotopic (exact) mass is 343 g/mol. The Morgan fingerprint density at radius 2 is 2.05 bits per heavy atom. The number of carbonyl (C=O) groups excluding carboxylic acids is 1. The van der Waals surface area contributed by atoms with Crippen LogP contribution in [0.25, 0.3) is 0 Å². The third kappa shape index (κ3) is 5.75. The van der Waals surface area contributed by atoms with Crippen LogP contribution in [0.2, 0.25) is 0 Å². The molecule has 0 saturated carbocycles. The molecule has 7 heteroatoms. The van der Waals surface area contributed by atoms with Gasteiger partial charge in [-0.2, -0.15) is 8.78 Å². The number of hydrogen-bond donors (Lipinski definition) is 2. The zero-order chi connectivity index (χ0) is 15.9. The van der Waals surface area contributed by atoms with Gasteiger partial charge in [0.15, 0.2) is 6.54 Å². The molecule has 22 heavy (non-hydrogen) atoms. The van der Waals surface area contributed by atoms with Crippen molar-refractivity contribution in [2.45, 2.75) is 17.2 Å². The molecule has 0 aliphatic rings. The second kappa shape index (κ2) is 8.26. The van der Waals surface area contributed by atoms with Gasteiger partial charge in [-0.1, -0.05) is 17.8 Å². The average molecular weight is 343 g/mol. The lowest BCUT2D eigenvalue weighted by Crippen LogP contribution is -3.08. The van der Waals surface area contributed by atoms with Crippen LogP contribution < -0.4 is 10.2 Å². The quantitative estimate of drug-likeness (QED) is 0.758. The normalized spacial score (nSPS) is 12.4. The van der Waals surface area contributed by atoms with Crippen molar-refractivity contribution in [1.82, 2.24) is 0 Å². The Morgan fingerprint density at radius 1 is 1.32 bits per heavy atom. The molecule has 0 saturated heterocycles. The minimum absolute atomic E-state index is 0.0941. The zero-order valence-corrected chi connectivity index (χ0v) is 13.6. The number of carbonyl (C=O) groups is 1. The molecule has 2 N–H and O–H groups in total. The zero-order valence-electron chi connectivity index (χ0n) is 12.0. The molecule has 0 aliphatic heterocycles. The van der Waals surface area contributed by atoms with E-state index >= 15 is 0 Å². The highest BCUT2D eigenvalue weighted by Crippen LogP contribution is 2.26. The van der Waals surface area contributed by atoms with E-state index in [1.165, 1.54) is 4.88 Å². The molecular weight excluding hydrogens is 326 g/mol. The molecule has 3 nitrogen and oxygen atoms in total. The van der Waals surface area contributed by atoms with Gasteiger partial charge in [0.1, 0.15) is 6.54 Å². The maximum atomic E-state index is 12.2. The Labute approximate surface area is 136 Å². The lowest BCUT2D eigenvalue weighted by atomic mass is 10.3. The van der Waals surface area contributed by atoms with E-state index in [1.54, 1.807) is 35.6 Å². The van der Waals surface area contributed by atoms with Crippen LogP contribution in [0.15, 0.2) is 46.7 Å². The molecule has 2 rings (SSSR count). The van der Waals surface area contributed by atoms with Crippen LogP contribution in [0, 0.1) is 0 Å². The summed E-state index contributed by atoms with van der Waals surface area (Å²) in [6.45, 7) is 1.15. The van der Waals surface area contributed by atoms with Gasteiger partial charge in [0.2, 0.25) is 0 Å². The predicted molar refractivity (Wildman–Crippen MR) is 86.7 cm³/mol. The van der Waals surface area contributed by atoms with E-state index in [1.807, 2.05) is 24.6 Å². The fourth-order valence-corrected chi connectivity index (χ4v) is 3.29. The summed E-state index contributed by atoms with van der Waals surface area (Å²) in [6.07, 6.45) is 0. The van der Waals surface area contributed by atoms with Crippen molar-refractivity contribution in [3.8, 4) is 0 Å². The van der Waals surface area contributed by atoms with Crippen molar-refractivity contribution in [2.24, 2.45) is 0 Å². The maximum absolute atomic E-state index is 12.2. The Hall–Kier alpha value is -1.44. The summed E-state index contributed by atoms with van der Waals surface area (Å²) in [7, 11) is 1.96. The standard InChI is InChI=1S/C15H16F2N2OS2/c1-19(9-13-3-2-8-21-13)10-14(20)18-11-4-6-12(7-5-11)22-15(16)17/h2-8,15H,9-10H2,1H3,(H,18,20)/p+1. The number of benzene rings is 1. The first-order chi connectivity index (χ1) is 10.5. The lowest BCUT2D eigenvalue weighted by Gasteiger charge is -2.13. The molecule has 0 spiro atoms. The number of alkyl halides is 2. The van der Waals surface area contributed by atoms with Crippen molar-refractivity contribution in [3.63, 3.8) is 0 Å². The van der Waals surface area contributed by atoms with Crippen LogP contribution in [-0.4, -0.2) is 25.3 Å². The highest BCUT2D eigenvalue weighted by molar-refractivity contribution is 7.99. The molecule has 0 aliphatic carbocycles. The van der Waals surface area contributed by atoms with Crippen molar-refractivity contribution in [2.75, 3.05) is 18.9 Å². The molecule has 0 fully saturated rings. The molecule has 1 unspecified atom stereocenters. The molecule has 118 valence electrons. The predicted octanol–water partition coefficient (Wildman–Crippen LogP) is 2.72. The topological polar surface area (TPSA) is 33.5 Å². The summed E-state index contributed by atoms with van der Waals surface area (Å²) in [5.74, 6) is -2.53. The molecule has 1 heterocycles.